The van der Waals surface area contributed by atoms with Crippen molar-refractivity contribution in [2.24, 2.45) is 5.10 Å². The standard InChI is InChI=1S/C17H17IN4O2/c1-12(9-16(23)20-11-13-3-2-8-19-10-13)21-22-17(24)14-4-6-15(18)7-5-14/h2-8,10H,9,11H2,1H3,(H,20,23)(H,22,24)/b21-12+. The molecule has 0 saturated carbocycles. The molecule has 0 fully saturated rings. The first-order valence-electron chi connectivity index (χ1n) is 7.29. The maximum atomic E-state index is 11.9. The molecule has 1 aromatic heterocycles. The van der Waals surface area contributed by atoms with Gasteiger partial charge in [-0.3, -0.25) is 14.6 Å². The highest BCUT2D eigenvalue weighted by atomic mass is 127. The SMILES string of the molecule is C/C(CC(=O)NCc1cccnc1)=N\NC(=O)c1ccc(I)cc1. The van der Waals surface area contributed by atoms with Crippen molar-refractivity contribution in [2.45, 2.75) is 19.9 Å². The highest BCUT2D eigenvalue weighted by Gasteiger charge is 2.06. The number of nitrogens with one attached hydrogen (secondary N) is 2. The zero-order valence-electron chi connectivity index (χ0n) is 13.1. The largest absolute Gasteiger partial charge is 0.352 e. The van der Waals surface area contributed by atoms with Crippen molar-refractivity contribution in [3.63, 3.8) is 0 Å². The van der Waals surface area contributed by atoms with Gasteiger partial charge in [-0.25, -0.2) is 5.43 Å². The lowest BCUT2D eigenvalue weighted by Gasteiger charge is -2.05. The van der Waals surface area contributed by atoms with Gasteiger partial charge in [0.2, 0.25) is 5.91 Å². The number of carbonyl (C=O) groups is 2. The van der Waals surface area contributed by atoms with E-state index in [2.05, 4.69) is 43.4 Å². The Bertz CT molecular complexity index is 730. The van der Waals surface area contributed by atoms with Crippen molar-refractivity contribution < 1.29 is 9.59 Å². The fourth-order valence-electron chi connectivity index (χ4n) is 1.85. The number of halogens is 1. The third-order valence-corrected chi connectivity index (χ3v) is 3.80. The molecule has 2 N–H and O–H groups in total. The van der Waals surface area contributed by atoms with Gasteiger partial charge in [0.1, 0.15) is 0 Å². The minimum absolute atomic E-state index is 0.118. The molecule has 0 spiro atoms. The number of hydrogen-bond acceptors (Lipinski definition) is 4. The monoisotopic (exact) mass is 436 g/mol. The van der Waals surface area contributed by atoms with Crippen molar-refractivity contribution in [3.05, 3.63) is 63.5 Å². The van der Waals surface area contributed by atoms with Crippen LogP contribution in [0, 0.1) is 3.57 Å². The van der Waals surface area contributed by atoms with Crippen LogP contribution in [0.4, 0.5) is 0 Å². The molecule has 0 aliphatic carbocycles. The number of hydrazone groups is 1. The van der Waals surface area contributed by atoms with E-state index < -0.39 is 0 Å². The van der Waals surface area contributed by atoms with Crippen LogP contribution >= 0.6 is 22.6 Å². The van der Waals surface area contributed by atoms with E-state index in [0.29, 0.717) is 17.8 Å². The van der Waals surface area contributed by atoms with E-state index in [4.69, 9.17) is 0 Å². The van der Waals surface area contributed by atoms with E-state index in [9.17, 15) is 9.59 Å². The van der Waals surface area contributed by atoms with Crippen molar-refractivity contribution >= 4 is 40.1 Å². The predicted molar refractivity (Wildman–Crippen MR) is 100 cm³/mol. The summed E-state index contributed by atoms with van der Waals surface area (Å²) in [4.78, 5) is 27.8. The fraction of sp³-hybridized carbons (Fsp3) is 0.176. The number of rotatable bonds is 6. The molecule has 2 rings (SSSR count). The molecule has 0 bridgehead atoms. The molecule has 0 unspecified atom stereocenters. The van der Waals surface area contributed by atoms with E-state index >= 15 is 0 Å². The minimum Gasteiger partial charge on any atom is -0.352 e. The summed E-state index contributed by atoms with van der Waals surface area (Å²) in [5.41, 5.74) is 4.42. The first kappa shape index (κ1) is 18.1. The first-order valence-corrected chi connectivity index (χ1v) is 8.37. The van der Waals surface area contributed by atoms with Gasteiger partial charge in [0.05, 0.1) is 6.42 Å². The predicted octanol–water partition coefficient (Wildman–Crippen LogP) is 2.50. The first-order chi connectivity index (χ1) is 11.5. The normalized spacial score (nSPS) is 11.0. The van der Waals surface area contributed by atoms with Gasteiger partial charge < -0.3 is 5.32 Å². The topological polar surface area (TPSA) is 83.4 Å². The van der Waals surface area contributed by atoms with Crippen molar-refractivity contribution in [1.29, 1.82) is 0 Å². The minimum atomic E-state index is -0.304. The molecule has 24 heavy (non-hydrogen) atoms. The molecule has 0 saturated heterocycles. The van der Waals surface area contributed by atoms with E-state index in [1.807, 2.05) is 24.3 Å². The average Bonchev–Trinajstić information content (AvgIpc) is 2.59. The summed E-state index contributed by atoms with van der Waals surface area (Å²) < 4.78 is 1.05. The van der Waals surface area contributed by atoms with E-state index in [0.717, 1.165) is 9.13 Å². The molecule has 7 heteroatoms. The highest BCUT2D eigenvalue weighted by Crippen LogP contribution is 2.06. The van der Waals surface area contributed by atoms with Crippen LogP contribution in [0.5, 0.6) is 0 Å². The van der Waals surface area contributed by atoms with Gasteiger partial charge in [-0.15, -0.1) is 0 Å². The van der Waals surface area contributed by atoms with E-state index in [1.165, 1.54) is 0 Å². The Balaban J connectivity index is 1.79. The lowest BCUT2D eigenvalue weighted by atomic mass is 10.2. The van der Waals surface area contributed by atoms with Crippen LogP contribution in [0.25, 0.3) is 0 Å². The number of carbonyl (C=O) groups excluding carboxylic acids is 2. The molecule has 0 aliphatic rings. The summed E-state index contributed by atoms with van der Waals surface area (Å²) >= 11 is 2.17. The Labute approximate surface area is 153 Å². The third-order valence-electron chi connectivity index (χ3n) is 3.08. The van der Waals surface area contributed by atoms with Crippen LogP contribution in [0.15, 0.2) is 53.9 Å². The van der Waals surface area contributed by atoms with Crippen LogP contribution in [-0.4, -0.2) is 22.5 Å². The van der Waals surface area contributed by atoms with Crippen LogP contribution in [-0.2, 0) is 11.3 Å². The molecule has 0 radical (unpaired) electrons. The van der Waals surface area contributed by atoms with E-state index in [1.54, 1.807) is 31.5 Å². The van der Waals surface area contributed by atoms with Crippen molar-refractivity contribution in [3.8, 4) is 0 Å². The summed E-state index contributed by atoms with van der Waals surface area (Å²) in [6.07, 6.45) is 3.49. The molecule has 2 aromatic rings. The fourth-order valence-corrected chi connectivity index (χ4v) is 2.21. The number of aromatic nitrogens is 1. The van der Waals surface area contributed by atoms with Crippen LogP contribution in [0.1, 0.15) is 29.3 Å². The maximum Gasteiger partial charge on any atom is 0.271 e. The molecule has 0 atom stereocenters. The lowest BCUT2D eigenvalue weighted by molar-refractivity contribution is -0.120. The van der Waals surface area contributed by atoms with Gasteiger partial charge in [0, 0.05) is 33.8 Å². The number of nitrogens with zero attached hydrogens (tertiary/aromatic N) is 2. The Morgan fingerprint density at radius 1 is 1.21 bits per heavy atom. The molecular formula is C17H17IN4O2. The zero-order valence-corrected chi connectivity index (χ0v) is 15.3. The van der Waals surface area contributed by atoms with Gasteiger partial charge in [-0.2, -0.15) is 5.10 Å². The molecule has 1 heterocycles. The number of benzene rings is 1. The average molecular weight is 436 g/mol. The molecule has 2 amide bonds. The molecule has 0 aliphatic heterocycles. The maximum absolute atomic E-state index is 11.9. The van der Waals surface area contributed by atoms with E-state index in [-0.39, 0.29) is 18.2 Å². The number of hydrogen-bond donors (Lipinski definition) is 2. The smallest absolute Gasteiger partial charge is 0.271 e. The lowest BCUT2D eigenvalue weighted by Crippen LogP contribution is -2.26. The Kier molecular flexibility index (Phi) is 6.86. The summed E-state index contributed by atoms with van der Waals surface area (Å²) in [7, 11) is 0. The van der Waals surface area contributed by atoms with Crippen LogP contribution < -0.4 is 10.7 Å². The zero-order chi connectivity index (χ0) is 17.4. The van der Waals surface area contributed by atoms with Crippen LogP contribution in [0.3, 0.4) is 0 Å². The third kappa shape index (κ3) is 6.07. The summed E-state index contributed by atoms with van der Waals surface area (Å²) in [5, 5.41) is 6.74. The molecule has 6 nitrogen and oxygen atoms in total. The quantitative estimate of drug-likeness (QED) is 0.415. The van der Waals surface area contributed by atoms with Gasteiger partial charge >= 0.3 is 0 Å². The molecule has 124 valence electrons. The Morgan fingerprint density at radius 3 is 2.62 bits per heavy atom. The second-order valence-electron chi connectivity index (χ2n) is 5.11. The van der Waals surface area contributed by atoms with Gasteiger partial charge in [-0.1, -0.05) is 6.07 Å². The number of amides is 2. The van der Waals surface area contributed by atoms with Crippen molar-refractivity contribution in [1.82, 2.24) is 15.7 Å². The number of pyridine rings is 1. The Hall–Kier alpha value is -2.29. The van der Waals surface area contributed by atoms with Crippen LogP contribution in [0.2, 0.25) is 0 Å². The molecule has 1 aromatic carbocycles. The van der Waals surface area contributed by atoms with Gasteiger partial charge in [-0.05, 0) is 65.4 Å². The second kappa shape index (κ2) is 9.11. The molecular weight excluding hydrogens is 419 g/mol. The highest BCUT2D eigenvalue weighted by molar-refractivity contribution is 14.1. The van der Waals surface area contributed by atoms with Crippen molar-refractivity contribution in [2.75, 3.05) is 0 Å². The summed E-state index contributed by atoms with van der Waals surface area (Å²) in [6, 6.07) is 10.8. The van der Waals surface area contributed by atoms with Gasteiger partial charge in [0.15, 0.2) is 0 Å². The summed E-state index contributed by atoms with van der Waals surface area (Å²) in [6.45, 7) is 2.10. The van der Waals surface area contributed by atoms with Gasteiger partial charge in [0.25, 0.3) is 5.91 Å². The second-order valence-corrected chi connectivity index (χ2v) is 6.36. The Morgan fingerprint density at radius 2 is 1.96 bits per heavy atom. The summed E-state index contributed by atoms with van der Waals surface area (Å²) in [5.74, 6) is -0.467.